The summed E-state index contributed by atoms with van der Waals surface area (Å²) in [7, 11) is 0. The molecule has 1 saturated heterocycles. The van der Waals surface area contributed by atoms with E-state index in [1.165, 1.54) is 0 Å². The number of allylic oxidation sites excluding steroid dienone is 5. The van der Waals surface area contributed by atoms with Crippen LogP contribution in [0.25, 0.3) is 10.9 Å². The summed E-state index contributed by atoms with van der Waals surface area (Å²) in [5, 5.41) is 13.2. The van der Waals surface area contributed by atoms with Gasteiger partial charge >= 0.3 is 0 Å². The molecule has 0 spiro atoms. The Bertz CT molecular complexity index is 1020. The van der Waals surface area contributed by atoms with Gasteiger partial charge in [-0.1, -0.05) is 36.9 Å². The van der Waals surface area contributed by atoms with E-state index in [0.717, 1.165) is 66.9 Å². The number of nitrogens with one attached hydrogen (secondary N) is 2. The average molecular weight is 453 g/mol. The number of hydroxylamine groups is 1. The molecule has 1 aliphatic carbocycles. The van der Waals surface area contributed by atoms with Gasteiger partial charge in [-0.3, -0.25) is 0 Å². The van der Waals surface area contributed by atoms with Gasteiger partial charge in [0.25, 0.3) is 0 Å². The smallest absolute Gasteiger partial charge is 0.147 e. The van der Waals surface area contributed by atoms with E-state index in [4.69, 9.17) is 14.9 Å². The van der Waals surface area contributed by atoms with Crippen LogP contribution in [0.3, 0.4) is 0 Å². The molecule has 0 bridgehead atoms. The Balaban J connectivity index is 1.47. The van der Waals surface area contributed by atoms with Crippen molar-refractivity contribution in [1.82, 2.24) is 15.8 Å². The second kappa shape index (κ2) is 11.4. The number of hydrogen-bond donors (Lipinski definition) is 3. The van der Waals surface area contributed by atoms with Crippen LogP contribution < -0.4 is 15.7 Å². The number of ether oxygens (including phenoxy) is 1. The molecule has 0 radical (unpaired) electrons. The monoisotopic (exact) mass is 452 g/mol. The normalized spacial score (nSPS) is 21.3. The molecule has 2 aromatic rings. The highest BCUT2D eigenvalue weighted by molar-refractivity contribution is 5.84. The highest BCUT2D eigenvalue weighted by Crippen LogP contribution is 2.42. The largest absolute Gasteiger partial charge is 0.490 e. The van der Waals surface area contributed by atoms with E-state index >= 15 is 0 Å². The second-order valence-corrected chi connectivity index (χ2v) is 8.72. The van der Waals surface area contributed by atoms with Crippen molar-refractivity contribution in [3.8, 4) is 0 Å². The lowest BCUT2D eigenvalue weighted by Crippen LogP contribution is -2.43. The number of benzene rings is 1. The first-order chi connectivity index (χ1) is 16.2. The fourth-order valence-electron chi connectivity index (χ4n) is 4.36. The molecule has 2 fully saturated rings. The van der Waals surface area contributed by atoms with E-state index in [-0.39, 0.29) is 6.61 Å². The molecule has 33 heavy (non-hydrogen) atoms. The number of anilines is 1. The summed E-state index contributed by atoms with van der Waals surface area (Å²) in [5.41, 5.74) is 5.21. The Morgan fingerprint density at radius 1 is 1.27 bits per heavy atom. The summed E-state index contributed by atoms with van der Waals surface area (Å²) in [6, 6.07) is 10.1. The van der Waals surface area contributed by atoms with Gasteiger partial charge in [0.05, 0.1) is 5.52 Å². The number of para-hydroxylation sites is 1. The minimum atomic E-state index is -0.672. The predicted molar refractivity (Wildman–Crippen MR) is 130 cm³/mol. The van der Waals surface area contributed by atoms with Gasteiger partial charge in [0.15, 0.2) is 0 Å². The zero-order valence-corrected chi connectivity index (χ0v) is 19.0. The van der Waals surface area contributed by atoms with E-state index in [9.17, 15) is 4.39 Å². The lowest BCUT2D eigenvalue weighted by atomic mass is 10.1. The Morgan fingerprint density at radius 3 is 2.85 bits per heavy atom. The van der Waals surface area contributed by atoms with Crippen molar-refractivity contribution < 1.29 is 14.3 Å². The van der Waals surface area contributed by atoms with E-state index in [1.807, 2.05) is 36.4 Å². The molecule has 2 aliphatic rings. The van der Waals surface area contributed by atoms with Gasteiger partial charge in [-0.2, -0.15) is 0 Å². The van der Waals surface area contributed by atoms with Crippen molar-refractivity contribution >= 4 is 16.7 Å². The molecule has 6 nitrogen and oxygen atoms in total. The van der Waals surface area contributed by atoms with Gasteiger partial charge in [-0.25, -0.2) is 14.9 Å². The highest BCUT2D eigenvalue weighted by Gasteiger charge is 2.36. The molecule has 7 heteroatoms. The van der Waals surface area contributed by atoms with Crippen LogP contribution in [0.4, 0.5) is 10.2 Å². The molecule has 2 atom stereocenters. The van der Waals surface area contributed by atoms with Crippen molar-refractivity contribution in [2.45, 2.75) is 19.4 Å². The molecule has 1 saturated carbocycles. The van der Waals surface area contributed by atoms with E-state index < -0.39 is 6.67 Å². The number of alkyl halides is 1. The number of fused-ring (bicyclic) bond motifs is 1. The van der Waals surface area contributed by atoms with Gasteiger partial charge in [0.2, 0.25) is 0 Å². The Hall–Kier alpha value is -2.74. The molecule has 3 N–H and O–H groups in total. The maximum atomic E-state index is 13.7. The van der Waals surface area contributed by atoms with Gasteiger partial charge in [-0.05, 0) is 48.5 Å². The number of aromatic nitrogens is 1. The fourth-order valence-corrected chi connectivity index (χ4v) is 4.36. The fraction of sp³-hybridized carbons (Fsp3) is 0.423. The lowest BCUT2D eigenvalue weighted by molar-refractivity contribution is 0.160. The predicted octanol–water partition coefficient (Wildman–Crippen LogP) is 4.13. The van der Waals surface area contributed by atoms with Crippen LogP contribution in [0, 0.1) is 11.8 Å². The standard InChI is InChI=1S/C26H33FN4O2/c1-2-19(13-20-14-21(20)17-29-32)7-8-23(16-27)33-18-22-15-26(31-11-9-28-10-12-31)30-25-6-4-3-5-24(22)25/h2-8,15,20-21,28-29,32H,1,9-14,16-18H2/b19-7+,23-8+. The molecule has 1 aromatic carbocycles. The van der Waals surface area contributed by atoms with E-state index in [0.29, 0.717) is 24.1 Å². The van der Waals surface area contributed by atoms with Crippen molar-refractivity contribution in [2.24, 2.45) is 11.8 Å². The number of rotatable bonds is 11. The van der Waals surface area contributed by atoms with Crippen LogP contribution in [0.15, 0.2) is 66.5 Å². The summed E-state index contributed by atoms with van der Waals surface area (Å²) in [5.74, 6) is 2.25. The first-order valence-electron chi connectivity index (χ1n) is 11.6. The first kappa shape index (κ1) is 23.4. The molecule has 2 heterocycles. The Labute approximate surface area is 194 Å². The number of pyridine rings is 1. The molecule has 0 amide bonds. The molecule has 1 aromatic heterocycles. The third-order valence-corrected chi connectivity index (χ3v) is 6.44. The Kier molecular flexibility index (Phi) is 8.10. The van der Waals surface area contributed by atoms with Crippen molar-refractivity contribution in [2.75, 3.05) is 44.3 Å². The lowest BCUT2D eigenvalue weighted by Gasteiger charge is -2.29. The Morgan fingerprint density at radius 2 is 2.09 bits per heavy atom. The van der Waals surface area contributed by atoms with E-state index in [1.54, 1.807) is 6.08 Å². The number of piperazine rings is 1. The summed E-state index contributed by atoms with van der Waals surface area (Å²) >= 11 is 0. The van der Waals surface area contributed by atoms with Crippen LogP contribution in [0.1, 0.15) is 18.4 Å². The quantitative estimate of drug-likeness (QED) is 0.271. The van der Waals surface area contributed by atoms with Gasteiger partial charge in [-0.15, -0.1) is 0 Å². The molecule has 4 rings (SSSR count). The number of halogens is 1. The van der Waals surface area contributed by atoms with Crippen LogP contribution in [0.5, 0.6) is 0 Å². The second-order valence-electron chi connectivity index (χ2n) is 8.72. The number of hydrogen-bond acceptors (Lipinski definition) is 6. The van der Waals surface area contributed by atoms with Crippen LogP contribution in [-0.4, -0.2) is 49.6 Å². The minimum absolute atomic E-state index is 0.280. The highest BCUT2D eigenvalue weighted by atomic mass is 19.1. The molecule has 2 unspecified atom stereocenters. The minimum Gasteiger partial charge on any atom is -0.490 e. The van der Waals surface area contributed by atoms with Crippen molar-refractivity contribution in [1.29, 1.82) is 0 Å². The molecule has 1 aliphatic heterocycles. The van der Waals surface area contributed by atoms with Crippen molar-refractivity contribution in [3.05, 3.63) is 72.0 Å². The molecular weight excluding hydrogens is 419 g/mol. The maximum absolute atomic E-state index is 13.7. The van der Waals surface area contributed by atoms with Crippen LogP contribution in [-0.2, 0) is 11.3 Å². The summed E-state index contributed by atoms with van der Waals surface area (Å²) in [4.78, 5) is 7.12. The van der Waals surface area contributed by atoms with Crippen LogP contribution >= 0.6 is 0 Å². The molecular formula is C26H33FN4O2. The van der Waals surface area contributed by atoms with Gasteiger partial charge < -0.3 is 20.2 Å². The van der Waals surface area contributed by atoms with Crippen LogP contribution in [0.2, 0.25) is 0 Å². The molecule has 176 valence electrons. The zero-order chi connectivity index (χ0) is 23.0. The topological polar surface area (TPSA) is 69.7 Å². The van der Waals surface area contributed by atoms with Crippen molar-refractivity contribution in [3.63, 3.8) is 0 Å². The third kappa shape index (κ3) is 6.19. The van der Waals surface area contributed by atoms with Gasteiger partial charge in [0.1, 0.15) is 24.9 Å². The average Bonchev–Trinajstić information content (AvgIpc) is 3.60. The van der Waals surface area contributed by atoms with Gasteiger partial charge in [0, 0.05) is 43.7 Å². The summed E-state index contributed by atoms with van der Waals surface area (Å²) in [6.45, 7) is 7.79. The van der Waals surface area contributed by atoms with E-state index in [2.05, 4.69) is 28.3 Å². The maximum Gasteiger partial charge on any atom is 0.147 e. The third-order valence-electron chi connectivity index (χ3n) is 6.44. The first-order valence-corrected chi connectivity index (χ1v) is 11.6. The summed E-state index contributed by atoms with van der Waals surface area (Å²) < 4.78 is 19.6. The summed E-state index contributed by atoms with van der Waals surface area (Å²) in [6.07, 6.45) is 7.36. The number of nitrogens with zero attached hydrogens (tertiary/aromatic N) is 2. The zero-order valence-electron chi connectivity index (χ0n) is 19.0. The SMILES string of the molecule is C=C/C(=C\C=C(/CF)OCc1cc(N2CCNCC2)nc2ccccc12)CC1CC1CNO.